The van der Waals surface area contributed by atoms with Gasteiger partial charge in [-0.1, -0.05) is 0 Å². The molecule has 0 bridgehead atoms. The molecule has 1 fully saturated rings. The van der Waals surface area contributed by atoms with Crippen LogP contribution in [0.4, 0.5) is 18.9 Å². The molecule has 0 radical (unpaired) electrons. The maximum absolute atomic E-state index is 13.0. The van der Waals surface area contributed by atoms with Gasteiger partial charge in [-0.15, -0.1) is 0 Å². The standard InChI is InChI=1S/C15H16F3N3/c1-11-10-14(15(16,17)18)21(19-11)13-6-4-12(5-7-13)20-8-2-3-9-20/h4-7,10H,2-3,8-9H2,1H3. The average Bonchev–Trinajstić information content (AvgIpc) is 3.07. The summed E-state index contributed by atoms with van der Waals surface area (Å²) in [5, 5.41) is 3.96. The zero-order valence-corrected chi connectivity index (χ0v) is 11.7. The van der Waals surface area contributed by atoms with Gasteiger partial charge in [-0.3, -0.25) is 0 Å². The third-order valence-corrected chi connectivity index (χ3v) is 3.69. The first-order chi connectivity index (χ1) is 9.95. The second-order valence-corrected chi connectivity index (χ2v) is 5.29. The van der Waals surface area contributed by atoms with E-state index in [9.17, 15) is 13.2 Å². The second kappa shape index (κ2) is 5.09. The summed E-state index contributed by atoms with van der Waals surface area (Å²) in [6.45, 7) is 3.58. The molecule has 1 aliphatic rings. The molecule has 1 aliphatic heterocycles. The number of benzene rings is 1. The summed E-state index contributed by atoms with van der Waals surface area (Å²) < 4.78 is 40.0. The lowest BCUT2D eigenvalue weighted by molar-refractivity contribution is -0.142. The van der Waals surface area contributed by atoms with Gasteiger partial charge in [0.2, 0.25) is 0 Å². The van der Waals surface area contributed by atoms with Crippen LogP contribution in [-0.2, 0) is 6.18 Å². The molecule has 0 unspecified atom stereocenters. The monoisotopic (exact) mass is 295 g/mol. The van der Waals surface area contributed by atoms with Crippen molar-refractivity contribution in [2.75, 3.05) is 18.0 Å². The van der Waals surface area contributed by atoms with Crippen molar-refractivity contribution in [2.45, 2.75) is 25.9 Å². The van der Waals surface area contributed by atoms with Crippen molar-refractivity contribution in [2.24, 2.45) is 0 Å². The van der Waals surface area contributed by atoms with E-state index in [4.69, 9.17) is 0 Å². The van der Waals surface area contributed by atoms with E-state index in [0.717, 1.165) is 29.5 Å². The highest BCUT2D eigenvalue weighted by Gasteiger charge is 2.35. The van der Waals surface area contributed by atoms with E-state index in [-0.39, 0.29) is 0 Å². The minimum Gasteiger partial charge on any atom is -0.372 e. The summed E-state index contributed by atoms with van der Waals surface area (Å²) >= 11 is 0. The second-order valence-electron chi connectivity index (χ2n) is 5.29. The zero-order chi connectivity index (χ0) is 15.0. The number of rotatable bonds is 2. The van der Waals surface area contributed by atoms with Gasteiger partial charge in [-0.2, -0.15) is 18.3 Å². The summed E-state index contributed by atoms with van der Waals surface area (Å²) in [6.07, 6.45) is -2.08. The fourth-order valence-corrected chi connectivity index (χ4v) is 2.68. The van der Waals surface area contributed by atoms with Crippen LogP contribution in [0.25, 0.3) is 5.69 Å². The van der Waals surface area contributed by atoms with Crippen molar-refractivity contribution in [3.05, 3.63) is 41.7 Å². The van der Waals surface area contributed by atoms with Crippen LogP contribution in [-0.4, -0.2) is 22.9 Å². The van der Waals surface area contributed by atoms with Gasteiger partial charge < -0.3 is 4.90 Å². The van der Waals surface area contributed by atoms with E-state index in [2.05, 4.69) is 10.00 Å². The minimum absolute atomic E-state index is 0.353. The fourth-order valence-electron chi connectivity index (χ4n) is 2.68. The molecule has 1 aromatic heterocycles. The van der Waals surface area contributed by atoms with Gasteiger partial charge in [-0.25, -0.2) is 4.68 Å². The van der Waals surface area contributed by atoms with Crippen molar-refractivity contribution in [1.82, 2.24) is 9.78 Å². The van der Waals surface area contributed by atoms with Gasteiger partial charge in [0, 0.05) is 18.8 Å². The van der Waals surface area contributed by atoms with E-state index in [0.29, 0.717) is 11.4 Å². The van der Waals surface area contributed by atoms with Crippen molar-refractivity contribution in [3.63, 3.8) is 0 Å². The molecule has 21 heavy (non-hydrogen) atoms. The van der Waals surface area contributed by atoms with Crippen molar-refractivity contribution < 1.29 is 13.2 Å². The number of aryl methyl sites for hydroxylation is 1. The highest BCUT2D eigenvalue weighted by atomic mass is 19.4. The van der Waals surface area contributed by atoms with Gasteiger partial charge in [0.05, 0.1) is 11.4 Å². The molecular weight excluding hydrogens is 279 g/mol. The first-order valence-electron chi connectivity index (χ1n) is 6.94. The Kier molecular flexibility index (Phi) is 3.39. The molecule has 112 valence electrons. The molecule has 3 rings (SSSR count). The number of anilines is 1. The molecule has 2 heterocycles. The Morgan fingerprint density at radius 1 is 1.00 bits per heavy atom. The molecule has 0 atom stereocenters. The van der Waals surface area contributed by atoms with Crippen LogP contribution in [0.1, 0.15) is 24.2 Å². The molecule has 3 nitrogen and oxygen atoms in total. The van der Waals surface area contributed by atoms with Crippen molar-refractivity contribution in [1.29, 1.82) is 0 Å². The highest BCUT2D eigenvalue weighted by molar-refractivity contribution is 5.51. The predicted molar refractivity (Wildman–Crippen MR) is 74.8 cm³/mol. The van der Waals surface area contributed by atoms with Crippen LogP contribution in [0, 0.1) is 6.92 Å². The number of hydrogen-bond acceptors (Lipinski definition) is 2. The molecule has 0 saturated carbocycles. The molecule has 2 aromatic rings. The predicted octanol–water partition coefficient (Wildman–Crippen LogP) is 3.80. The molecule has 0 N–H and O–H groups in total. The van der Waals surface area contributed by atoms with E-state index in [1.54, 1.807) is 19.1 Å². The van der Waals surface area contributed by atoms with Gasteiger partial charge >= 0.3 is 6.18 Å². The normalized spacial score (nSPS) is 15.7. The third kappa shape index (κ3) is 2.75. The van der Waals surface area contributed by atoms with Crippen LogP contribution >= 0.6 is 0 Å². The summed E-state index contributed by atoms with van der Waals surface area (Å²) in [5.41, 5.74) is 1.09. The lowest BCUT2D eigenvalue weighted by Crippen LogP contribution is -2.17. The number of nitrogens with zero attached hydrogens (tertiary/aromatic N) is 3. The molecule has 0 aliphatic carbocycles. The Morgan fingerprint density at radius 3 is 2.14 bits per heavy atom. The maximum Gasteiger partial charge on any atom is 0.433 e. The molecule has 0 spiro atoms. The molecular formula is C15H16F3N3. The minimum atomic E-state index is -4.41. The third-order valence-electron chi connectivity index (χ3n) is 3.69. The first kappa shape index (κ1) is 14.0. The van der Waals surface area contributed by atoms with E-state index in [1.165, 1.54) is 12.8 Å². The van der Waals surface area contributed by atoms with Crippen LogP contribution in [0.2, 0.25) is 0 Å². The van der Waals surface area contributed by atoms with Crippen LogP contribution in [0.3, 0.4) is 0 Å². The van der Waals surface area contributed by atoms with E-state index < -0.39 is 11.9 Å². The van der Waals surface area contributed by atoms with Crippen molar-refractivity contribution in [3.8, 4) is 5.69 Å². The summed E-state index contributed by atoms with van der Waals surface area (Å²) in [4.78, 5) is 2.24. The van der Waals surface area contributed by atoms with Crippen molar-refractivity contribution >= 4 is 5.69 Å². The number of halogens is 3. The maximum atomic E-state index is 13.0. The topological polar surface area (TPSA) is 21.1 Å². The Labute approximate surface area is 121 Å². The SMILES string of the molecule is Cc1cc(C(F)(F)F)n(-c2ccc(N3CCCC3)cc2)n1. The molecule has 6 heteroatoms. The first-order valence-corrected chi connectivity index (χ1v) is 6.94. The smallest absolute Gasteiger partial charge is 0.372 e. The molecule has 1 aromatic carbocycles. The van der Waals surface area contributed by atoms with Crippen LogP contribution in [0.15, 0.2) is 30.3 Å². The number of hydrogen-bond donors (Lipinski definition) is 0. The van der Waals surface area contributed by atoms with Gasteiger partial charge in [-0.05, 0) is 50.1 Å². The van der Waals surface area contributed by atoms with Gasteiger partial charge in [0.25, 0.3) is 0 Å². The summed E-state index contributed by atoms with van der Waals surface area (Å²) in [5.74, 6) is 0. The molecule has 1 saturated heterocycles. The van der Waals surface area contributed by atoms with Gasteiger partial charge in [0.15, 0.2) is 0 Å². The summed E-state index contributed by atoms with van der Waals surface area (Å²) in [6, 6.07) is 8.16. The Hall–Kier alpha value is -1.98. The zero-order valence-electron chi connectivity index (χ0n) is 11.7. The lowest BCUT2D eigenvalue weighted by atomic mass is 10.2. The van der Waals surface area contributed by atoms with Crippen LogP contribution < -0.4 is 4.90 Å². The van der Waals surface area contributed by atoms with Gasteiger partial charge in [0.1, 0.15) is 5.69 Å². The number of aromatic nitrogens is 2. The van der Waals surface area contributed by atoms with E-state index >= 15 is 0 Å². The molecule has 0 amide bonds. The van der Waals surface area contributed by atoms with Crippen LogP contribution in [0.5, 0.6) is 0 Å². The van der Waals surface area contributed by atoms with E-state index in [1.807, 2.05) is 12.1 Å². The quantitative estimate of drug-likeness (QED) is 0.840. The summed E-state index contributed by atoms with van der Waals surface area (Å²) in [7, 11) is 0. The number of alkyl halides is 3. The lowest BCUT2D eigenvalue weighted by Gasteiger charge is -2.18. The Balaban J connectivity index is 1.94. The highest BCUT2D eigenvalue weighted by Crippen LogP contribution is 2.32. The Bertz CT molecular complexity index is 623. The Morgan fingerprint density at radius 2 is 1.57 bits per heavy atom. The average molecular weight is 295 g/mol. The largest absolute Gasteiger partial charge is 0.433 e. The fraction of sp³-hybridized carbons (Fsp3) is 0.400.